The van der Waals surface area contributed by atoms with E-state index < -0.39 is 0 Å². The van der Waals surface area contributed by atoms with Crippen LogP contribution in [0.25, 0.3) is 22.6 Å². The number of benzene rings is 2. The predicted octanol–water partition coefficient (Wildman–Crippen LogP) is 5.84. The molecule has 0 saturated heterocycles. The Hall–Kier alpha value is -2.88. The van der Waals surface area contributed by atoms with E-state index in [-0.39, 0.29) is 11.7 Å². The summed E-state index contributed by atoms with van der Waals surface area (Å²) in [5, 5.41) is 15.3. The zero-order valence-corrected chi connectivity index (χ0v) is 21.5. The van der Waals surface area contributed by atoms with Crippen LogP contribution in [-0.4, -0.2) is 44.5 Å². The van der Waals surface area contributed by atoms with Gasteiger partial charge in [0.25, 0.3) is 0 Å². The van der Waals surface area contributed by atoms with E-state index in [4.69, 9.17) is 11.6 Å². The Morgan fingerprint density at radius 1 is 1.06 bits per heavy atom. The summed E-state index contributed by atoms with van der Waals surface area (Å²) in [6, 6.07) is 15.8. The van der Waals surface area contributed by atoms with Gasteiger partial charge in [0.05, 0.1) is 11.4 Å². The largest absolute Gasteiger partial charge is 0.372 e. The highest BCUT2D eigenvalue weighted by molar-refractivity contribution is 7.99. The van der Waals surface area contributed by atoms with Crippen molar-refractivity contribution in [1.82, 2.24) is 19.7 Å². The smallest absolute Gasteiger partial charge is 0.236 e. The molecular formula is C24H25ClN6OS2. The molecule has 0 aliphatic rings. The average Bonchev–Trinajstić information content (AvgIpc) is 3.46. The number of hydrogen-bond donors (Lipinski definition) is 1. The van der Waals surface area contributed by atoms with E-state index in [1.807, 2.05) is 41.3 Å². The van der Waals surface area contributed by atoms with Crippen molar-refractivity contribution < 1.29 is 4.79 Å². The Morgan fingerprint density at radius 3 is 2.41 bits per heavy atom. The quantitative estimate of drug-likeness (QED) is 0.284. The summed E-state index contributed by atoms with van der Waals surface area (Å²) >= 11 is 8.67. The minimum Gasteiger partial charge on any atom is -0.372 e. The fourth-order valence-corrected chi connectivity index (χ4v) is 5.04. The van der Waals surface area contributed by atoms with Crippen LogP contribution in [0.5, 0.6) is 0 Å². The third-order valence-corrected chi connectivity index (χ3v) is 7.34. The van der Waals surface area contributed by atoms with Crippen molar-refractivity contribution in [3.63, 3.8) is 0 Å². The van der Waals surface area contributed by atoms with Crippen LogP contribution in [-0.2, 0) is 11.8 Å². The maximum Gasteiger partial charge on any atom is 0.236 e. The van der Waals surface area contributed by atoms with E-state index in [2.05, 4.69) is 63.5 Å². The van der Waals surface area contributed by atoms with Crippen molar-refractivity contribution in [3.05, 3.63) is 58.9 Å². The molecule has 176 valence electrons. The van der Waals surface area contributed by atoms with Gasteiger partial charge in [0.1, 0.15) is 0 Å². The first kappa shape index (κ1) is 24.3. The number of halogens is 1. The summed E-state index contributed by atoms with van der Waals surface area (Å²) in [6.07, 6.45) is 0. The SMILES string of the molecule is CCN(CC)c1ccc(-c2nnc(SCC(=O)Nc3nc(-c4ccc(Cl)cc4)cs3)n2C)cc1. The standard InChI is InChI=1S/C24H25ClN6OS2/c1-4-31(5-2)19-12-8-17(9-13-19)22-28-29-24(30(22)3)34-15-21(32)27-23-26-20(14-33-23)16-6-10-18(25)11-7-16/h6-14H,4-5,15H2,1-3H3,(H,26,27,32). The second-order valence-corrected chi connectivity index (χ2v) is 9.70. The number of hydrogen-bond acceptors (Lipinski definition) is 7. The number of thioether (sulfide) groups is 1. The summed E-state index contributed by atoms with van der Waals surface area (Å²) < 4.78 is 1.91. The van der Waals surface area contributed by atoms with Gasteiger partial charge in [-0.15, -0.1) is 21.5 Å². The van der Waals surface area contributed by atoms with Gasteiger partial charge in [-0.1, -0.05) is 35.5 Å². The van der Waals surface area contributed by atoms with Crippen molar-refractivity contribution in [3.8, 4) is 22.6 Å². The van der Waals surface area contributed by atoms with Gasteiger partial charge in [-0.2, -0.15) is 0 Å². The van der Waals surface area contributed by atoms with Gasteiger partial charge in [0, 0.05) is 47.4 Å². The van der Waals surface area contributed by atoms with Gasteiger partial charge in [0.15, 0.2) is 16.1 Å². The summed E-state index contributed by atoms with van der Waals surface area (Å²) in [4.78, 5) is 19.3. The minimum absolute atomic E-state index is 0.143. The first-order valence-corrected chi connectivity index (χ1v) is 13.1. The molecule has 0 atom stereocenters. The van der Waals surface area contributed by atoms with Crippen LogP contribution < -0.4 is 10.2 Å². The van der Waals surface area contributed by atoms with Gasteiger partial charge in [-0.3, -0.25) is 4.79 Å². The van der Waals surface area contributed by atoms with Crippen LogP contribution in [0.15, 0.2) is 59.1 Å². The minimum atomic E-state index is -0.143. The number of nitrogens with zero attached hydrogens (tertiary/aromatic N) is 5. The summed E-state index contributed by atoms with van der Waals surface area (Å²) in [5.74, 6) is 0.833. The van der Waals surface area contributed by atoms with Gasteiger partial charge in [-0.25, -0.2) is 4.98 Å². The van der Waals surface area contributed by atoms with Crippen LogP contribution in [0.1, 0.15) is 13.8 Å². The van der Waals surface area contributed by atoms with E-state index in [9.17, 15) is 4.79 Å². The molecule has 10 heteroatoms. The predicted molar refractivity (Wildman–Crippen MR) is 142 cm³/mol. The van der Waals surface area contributed by atoms with E-state index >= 15 is 0 Å². The van der Waals surface area contributed by atoms with Gasteiger partial charge in [-0.05, 0) is 50.2 Å². The van der Waals surface area contributed by atoms with E-state index in [1.54, 1.807) is 0 Å². The molecule has 0 aliphatic heterocycles. The molecule has 2 aromatic carbocycles. The van der Waals surface area contributed by atoms with Crippen LogP contribution in [0.3, 0.4) is 0 Å². The second-order valence-electron chi connectivity index (χ2n) is 7.47. The van der Waals surface area contributed by atoms with Crippen molar-refractivity contribution in [2.24, 2.45) is 7.05 Å². The molecule has 4 aromatic rings. The van der Waals surface area contributed by atoms with Gasteiger partial charge < -0.3 is 14.8 Å². The third kappa shape index (κ3) is 5.60. The molecule has 2 aromatic heterocycles. The highest BCUT2D eigenvalue weighted by Gasteiger charge is 2.14. The molecule has 0 bridgehead atoms. The maximum atomic E-state index is 12.5. The zero-order chi connectivity index (χ0) is 24.1. The molecular weight excluding hydrogens is 488 g/mol. The monoisotopic (exact) mass is 512 g/mol. The molecule has 0 unspecified atom stereocenters. The summed E-state index contributed by atoms with van der Waals surface area (Å²) in [7, 11) is 1.91. The van der Waals surface area contributed by atoms with Crippen molar-refractivity contribution in [2.45, 2.75) is 19.0 Å². The normalized spacial score (nSPS) is 10.9. The lowest BCUT2D eigenvalue weighted by atomic mass is 10.2. The Balaban J connectivity index is 1.35. The fraction of sp³-hybridized carbons (Fsp3) is 0.250. The number of aromatic nitrogens is 4. The molecule has 0 fully saturated rings. The average molecular weight is 513 g/mol. The lowest BCUT2D eigenvalue weighted by Gasteiger charge is -2.21. The van der Waals surface area contributed by atoms with Crippen LogP contribution in [0, 0.1) is 0 Å². The Kier molecular flexibility index (Phi) is 7.87. The molecule has 4 rings (SSSR count). The van der Waals surface area contributed by atoms with E-state index in [0.717, 1.165) is 35.7 Å². The zero-order valence-electron chi connectivity index (χ0n) is 19.2. The van der Waals surface area contributed by atoms with Crippen LogP contribution in [0.2, 0.25) is 5.02 Å². The number of carbonyl (C=O) groups excluding carboxylic acids is 1. The molecule has 1 N–H and O–H groups in total. The van der Waals surface area contributed by atoms with Crippen molar-refractivity contribution >= 4 is 51.4 Å². The maximum absolute atomic E-state index is 12.5. The van der Waals surface area contributed by atoms with Crippen LogP contribution >= 0.6 is 34.7 Å². The second kappa shape index (κ2) is 11.0. The molecule has 0 aliphatic carbocycles. The molecule has 1 amide bonds. The van der Waals surface area contributed by atoms with E-state index in [0.29, 0.717) is 15.3 Å². The van der Waals surface area contributed by atoms with E-state index in [1.165, 1.54) is 28.8 Å². The molecule has 0 spiro atoms. The number of carbonyl (C=O) groups is 1. The Morgan fingerprint density at radius 2 is 1.74 bits per heavy atom. The summed E-state index contributed by atoms with van der Waals surface area (Å²) in [6.45, 7) is 6.22. The highest BCUT2D eigenvalue weighted by atomic mass is 35.5. The number of anilines is 2. The van der Waals surface area contributed by atoms with Gasteiger partial charge in [0.2, 0.25) is 5.91 Å². The summed E-state index contributed by atoms with van der Waals surface area (Å²) in [5.41, 5.74) is 3.92. The lowest BCUT2D eigenvalue weighted by Crippen LogP contribution is -2.21. The highest BCUT2D eigenvalue weighted by Crippen LogP contribution is 2.27. The number of rotatable bonds is 9. The fourth-order valence-electron chi connectivity index (χ4n) is 3.47. The molecule has 0 radical (unpaired) electrons. The molecule has 2 heterocycles. The van der Waals surface area contributed by atoms with Crippen molar-refractivity contribution in [1.29, 1.82) is 0 Å². The van der Waals surface area contributed by atoms with Gasteiger partial charge >= 0.3 is 0 Å². The van der Waals surface area contributed by atoms with Crippen LogP contribution in [0.4, 0.5) is 10.8 Å². The first-order valence-electron chi connectivity index (χ1n) is 10.9. The Labute approximate surface area is 212 Å². The number of amides is 1. The lowest BCUT2D eigenvalue weighted by molar-refractivity contribution is -0.113. The third-order valence-electron chi connectivity index (χ3n) is 5.31. The first-order chi connectivity index (χ1) is 16.5. The molecule has 0 saturated carbocycles. The number of nitrogens with one attached hydrogen (secondary N) is 1. The van der Waals surface area contributed by atoms with Crippen molar-refractivity contribution in [2.75, 3.05) is 29.1 Å². The number of thiazole rings is 1. The topological polar surface area (TPSA) is 75.9 Å². The Bertz CT molecular complexity index is 1250. The molecule has 7 nitrogen and oxygen atoms in total. The molecule has 34 heavy (non-hydrogen) atoms.